The van der Waals surface area contributed by atoms with Gasteiger partial charge in [0.15, 0.2) is 0 Å². The summed E-state index contributed by atoms with van der Waals surface area (Å²) in [5, 5.41) is 1.76. The quantitative estimate of drug-likeness (QED) is 0.449. The molecule has 1 saturated carbocycles. The Morgan fingerprint density at radius 3 is 2.20 bits per heavy atom. The summed E-state index contributed by atoms with van der Waals surface area (Å²) in [4.78, 5) is 10.5. The van der Waals surface area contributed by atoms with E-state index in [4.69, 9.17) is 12.2 Å². The van der Waals surface area contributed by atoms with Crippen LogP contribution in [0.3, 0.4) is 0 Å². The summed E-state index contributed by atoms with van der Waals surface area (Å²) in [6.07, 6.45) is 5.66. The predicted molar refractivity (Wildman–Crippen MR) is 45.2 cm³/mol. The Morgan fingerprint density at radius 2 is 1.80 bits per heavy atom. The molecule has 1 aliphatic carbocycles. The molecule has 0 saturated heterocycles. The zero-order valence-electron chi connectivity index (χ0n) is 5.95. The van der Waals surface area contributed by atoms with Crippen LogP contribution in [0.2, 0.25) is 0 Å². The summed E-state index contributed by atoms with van der Waals surface area (Å²) in [5.41, 5.74) is 0. The third kappa shape index (κ3) is 1.63. The van der Waals surface area contributed by atoms with Crippen molar-refractivity contribution in [2.75, 3.05) is 0 Å². The van der Waals surface area contributed by atoms with Crippen molar-refractivity contribution in [3.05, 3.63) is 0 Å². The van der Waals surface area contributed by atoms with Crippen LogP contribution in [-0.2, 0) is 4.79 Å². The van der Waals surface area contributed by atoms with E-state index in [2.05, 4.69) is 0 Å². The van der Waals surface area contributed by atoms with Gasteiger partial charge in [-0.05, 0) is 24.1 Å². The first-order chi connectivity index (χ1) is 4.88. The van der Waals surface area contributed by atoms with Gasteiger partial charge in [0.1, 0.15) is 6.29 Å². The van der Waals surface area contributed by atoms with E-state index >= 15 is 0 Å². The summed E-state index contributed by atoms with van der Waals surface area (Å²) in [7, 11) is 0. The van der Waals surface area contributed by atoms with Crippen LogP contribution in [0, 0.1) is 11.8 Å². The molecule has 56 valence electrons. The second-order valence-corrected chi connectivity index (χ2v) is 3.16. The normalized spacial score (nSPS) is 33.2. The summed E-state index contributed by atoms with van der Waals surface area (Å²) in [6, 6.07) is 0. The van der Waals surface area contributed by atoms with Gasteiger partial charge in [0.25, 0.3) is 0 Å². The first-order valence-electron chi connectivity index (χ1n) is 3.79. The van der Waals surface area contributed by atoms with E-state index < -0.39 is 0 Å². The maximum atomic E-state index is 10.5. The van der Waals surface area contributed by atoms with Crippen LogP contribution in [0.25, 0.3) is 0 Å². The number of rotatable bonds is 2. The third-order valence-electron chi connectivity index (χ3n) is 2.22. The molecule has 2 heteroatoms. The molecule has 0 amide bonds. The van der Waals surface area contributed by atoms with Crippen LogP contribution in [0.15, 0.2) is 0 Å². The molecule has 0 aromatic carbocycles. The zero-order chi connectivity index (χ0) is 7.40. The Labute approximate surface area is 66.8 Å². The number of hydrogen-bond donors (Lipinski definition) is 0. The molecule has 0 heterocycles. The Bertz CT molecular complexity index is 117. The summed E-state index contributed by atoms with van der Waals surface area (Å²) < 4.78 is 0. The molecule has 1 aliphatic rings. The van der Waals surface area contributed by atoms with Crippen molar-refractivity contribution in [3.8, 4) is 0 Å². The van der Waals surface area contributed by atoms with Gasteiger partial charge < -0.3 is 4.79 Å². The van der Waals surface area contributed by atoms with E-state index in [0.29, 0.717) is 5.92 Å². The number of thiocarbonyl (C=S) groups is 1. The molecule has 10 heavy (non-hydrogen) atoms. The Hall–Kier alpha value is -0.240. The fourth-order valence-corrected chi connectivity index (χ4v) is 1.86. The van der Waals surface area contributed by atoms with Crippen LogP contribution in [0.5, 0.6) is 0 Å². The molecule has 0 aromatic rings. The highest BCUT2D eigenvalue weighted by Crippen LogP contribution is 2.26. The molecule has 0 bridgehead atoms. The molecule has 1 nitrogen and oxygen atoms in total. The first kappa shape index (κ1) is 7.86. The van der Waals surface area contributed by atoms with Gasteiger partial charge in [0.2, 0.25) is 0 Å². The second kappa shape index (κ2) is 3.81. The van der Waals surface area contributed by atoms with Crippen LogP contribution < -0.4 is 0 Å². The van der Waals surface area contributed by atoms with Gasteiger partial charge >= 0.3 is 0 Å². The standard InChI is InChI=1S/C8H12OS/c9-5-7-3-1-2-4-8(7)6-10/h5-8H,1-4H2. The molecule has 0 aliphatic heterocycles. The number of carbonyl (C=O) groups is 1. The van der Waals surface area contributed by atoms with Gasteiger partial charge in [-0.3, -0.25) is 0 Å². The molecule has 2 unspecified atom stereocenters. The minimum atomic E-state index is 0.228. The number of carbonyl (C=O) groups excluding carboxylic acids is 1. The van der Waals surface area contributed by atoms with Crippen LogP contribution in [0.4, 0.5) is 0 Å². The van der Waals surface area contributed by atoms with Gasteiger partial charge in [-0.15, -0.1) is 0 Å². The molecule has 0 radical (unpaired) electrons. The fourth-order valence-electron chi connectivity index (χ4n) is 1.53. The zero-order valence-corrected chi connectivity index (χ0v) is 6.77. The highest BCUT2D eigenvalue weighted by atomic mass is 32.1. The monoisotopic (exact) mass is 156 g/mol. The Morgan fingerprint density at radius 1 is 1.20 bits per heavy atom. The molecule has 1 rings (SSSR count). The Kier molecular flexibility index (Phi) is 3.00. The van der Waals surface area contributed by atoms with Crippen LogP contribution in [-0.4, -0.2) is 11.7 Å². The van der Waals surface area contributed by atoms with E-state index in [1.54, 1.807) is 5.37 Å². The van der Waals surface area contributed by atoms with Crippen molar-refractivity contribution in [2.45, 2.75) is 25.7 Å². The number of aldehydes is 1. The fraction of sp³-hybridized carbons (Fsp3) is 0.750. The van der Waals surface area contributed by atoms with Gasteiger partial charge in [0, 0.05) is 5.92 Å². The topological polar surface area (TPSA) is 17.1 Å². The first-order valence-corrected chi connectivity index (χ1v) is 4.26. The molecule has 0 spiro atoms. The largest absolute Gasteiger partial charge is 0.303 e. The van der Waals surface area contributed by atoms with E-state index in [9.17, 15) is 4.79 Å². The lowest BCUT2D eigenvalue weighted by Gasteiger charge is -2.23. The van der Waals surface area contributed by atoms with Crippen molar-refractivity contribution in [1.29, 1.82) is 0 Å². The predicted octanol–water partition coefficient (Wildman–Crippen LogP) is 1.99. The van der Waals surface area contributed by atoms with E-state index in [1.165, 1.54) is 12.8 Å². The van der Waals surface area contributed by atoms with E-state index in [1.807, 2.05) is 0 Å². The maximum Gasteiger partial charge on any atom is 0.123 e. The minimum Gasteiger partial charge on any atom is -0.303 e. The van der Waals surface area contributed by atoms with Crippen molar-refractivity contribution < 1.29 is 4.79 Å². The van der Waals surface area contributed by atoms with Crippen molar-refractivity contribution >= 4 is 23.9 Å². The van der Waals surface area contributed by atoms with Gasteiger partial charge in [-0.1, -0.05) is 25.1 Å². The lowest BCUT2D eigenvalue weighted by atomic mass is 9.81. The van der Waals surface area contributed by atoms with Crippen LogP contribution in [0.1, 0.15) is 25.7 Å². The average molecular weight is 156 g/mol. The maximum absolute atomic E-state index is 10.5. The van der Waals surface area contributed by atoms with Gasteiger partial charge in [-0.2, -0.15) is 0 Å². The number of hydrogen-bond acceptors (Lipinski definition) is 2. The second-order valence-electron chi connectivity index (χ2n) is 2.88. The molecule has 0 aromatic heterocycles. The molecular formula is C8H12OS. The SMILES string of the molecule is O=CC1CCCCC1C=S. The van der Waals surface area contributed by atoms with E-state index in [-0.39, 0.29) is 5.92 Å². The lowest BCUT2D eigenvalue weighted by Crippen LogP contribution is -2.20. The van der Waals surface area contributed by atoms with Crippen LogP contribution >= 0.6 is 12.2 Å². The summed E-state index contributed by atoms with van der Waals surface area (Å²) in [6.45, 7) is 0. The molecule has 0 N–H and O–H groups in total. The highest BCUT2D eigenvalue weighted by Gasteiger charge is 2.21. The summed E-state index contributed by atoms with van der Waals surface area (Å²) >= 11 is 4.83. The average Bonchev–Trinajstić information content (AvgIpc) is 2.04. The third-order valence-corrected chi connectivity index (χ3v) is 2.57. The lowest BCUT2D eigenvalue weighted by molar-refractivity contribution is -0.112. The van der Waals surface area contributed by atoms with Gasteiger partial charge in [-0.25, -0.2) is 0 Å². The van der Waals surface area contributed by atoms with E-state index in [0.717, 1.165) is 19.1 Å². The van der Waals surface area contributed by atoms with Crippen molar-refractivity contribution in [3.63, 3.8) is 0 Å². The molecule has 1 fully saturated rings. The van der Waals surface area contributed by atoms with Crippen molar-refractivity contribution in [1.82, 2.24) is 0 Å². The Balaban J connectivity index is 2.49. The summed E-state index contributed by atoms with van der Waals surface area (Å²) in [5.74, 6) is 0.618. The molecular weight excluding hydrogens is 144 g/mol. The molecule has 2 atom stereocenters. The highest BCUT2D eigenvalue weighted by molar-refractivity contribution is 7.79. The van der Waals surface area contributed by atoms with Gasteiger partial charge in [0.05, 0.1) is 0 Å². The minimum absolute atomic E-state index is 0.228. The van der Waals surface area contributed by atoms with Crippen molar-refractivity contribution in [2.24, 2.45) is 11.8 Å². The smallest absolute Gasteiger partial charge is 0.123 e.